The van der Waals surface area contributed by atoms with Crippen molar-refractivity contribution >= 4 is 0 Å². The van der Waals surface area contributed by atoms with E-state index >= 15 is 0 Å². The van der Waals surface area contributed by atoms with Gasteiger partial charge in [0, 0.05) is 0 Å². The maximum atomic E-state index is 13.6. The van der Waals surface area contributed by atoms with Crippen LogP contribution in [0.1, 0.15) is 49.1 Å². The molecule has 0 unspecified atom stereocenters. The Kier molecular flexibility index (Phi) is 5.29. The van der Waals surface area contributed by atoms with Crippen LogP contribution in [0.3, 0.4) is 0 Å². The van der Waals surface area contributed by atoms with E-state index in [0.29, 0.717) is 18.3 Å². The van der Waals surface area contributed by atoms with Crippen LogP contribution in [-0.4, -0.2) is 6.67 Å². The summed E-state index contributed by atoms with van der Waals surface area (Å²) in [5.74, 6) is 0.485. The molecule has 1 aliphatic rings. The summed E-state index contributed by atoms with van der Waals surface area (Å²) in [7, 11) is 0. The van der Waals surface area contributed by atoms with Gasteiger partial charge in [-0.05, 0) is 61.6 Å². The summed E-state index contributed by atoms with van der Waals surface area (Å²) in [5.41, 5.74) is 1.10. The average molecular weight is 275 g/mol. The first-order valence-corrected chi connectivity index (χ1v) is 7.16. The van der Waals surface area contributed by atoms with E-state index in [2.05, 4.69) is 6.08 Å². The molecular weight excluding hydrogens is 256 g/mol. The largest absolute Gasteiger partial charge is 0.251 e. The predicted octanol–water partition coefficient (Wildman–Crippen LogP) is 4.89. The molecule has 20 heavy (non-hydrogen) atoms. The Morgan fingerprint density at radius 2 is 2.00 bits per heavy atom. The molecule has 1 nitrogen and oxygen atoms in total. The molecule has 1 aromatic carbocycles. The van der Waals surface area contributed by atoms with E-state index in [1.165, 1.54) is 6.07 Å². The lowest BCUT2D eigenvalue weighted by molar-refractivity contribution is 0.374. The number of nitriles is 1. The molecule has 1 aromatic rings. The standard InChI is InChI=1S/C17H19F2N/c18-10-2-1-3-13-4-6-14(7-5-13)15-8-9-16(12-20)17(19)11-15/h1,3,8-9,11,13-14H,2,4-7,10H2. The van der Waals surface area contributed by atoms with Gasteiger partial charge in [0.15, 0.2) is 0 Å². The van der Waals surface area contributed by atoms with Crippen LogP contribution in [0.5, 0.6) is 0 Å². The molecule has 1 aliphatic carbocycles. The summed E-state index contributed by atoms with van der Waals surface area (Å²) in [6, 6.07) is 6.78. The Bertz CT molecular complexity index is 508. The molecule has 106 valence electrons. The van der Waals surface area contributed by atoms with Gasteiger partial charge in [-0.2, -0.15) is 5.26 Å². The zero-order valence-electron chi connectivity index (χ0n) is 11.5. The zero-order valence-corrected chi connectivity index (χ0v) is 11.5. The third kappa shape index (κ3) is 3.66. The van der Waals surface area contributed by atoms with Crippen molar-refractivity contribution in [1.29, 1.82) is 5.26 Å². The van der Waals surface area contributed by atoms with E-state index in [4.69, 9.17) is 5.26 Å². The highest BCUT2D eigenvalue weighted by atomic mass is 19.1. The molecule has 1 saturated carbocycles. The molecule has 0 atom stereocenters. The molecule has 0 radical (unpaired) electrons. The van der Waals surface area contributed by atoms with E-state index < -0.39 is 5.82 Å². The van der Waals surface area contributed by atoms with Crippen LogP contribution in [0.25, 0.3) is 0 Å². The third-order valence-corrected chi connectivity index (χ3v) is 4.04. The third-order valence-electron chi connectivity index (χ3n) is 4.04. The molecule has 0 bridgehead atoms. The molecule has 0 spiro atoms. The zero-order chi connectivity index (χ0) is 14.4. The van der Waals surface area contributed by atoms with Crippen molar-refractivity contribution in [3.8, 4) is 6.07 Å². The SMILES string of the molecule is N#Cc1ccc(C2CCC(C=CCCF)CC2)cc1F. The number of hydrogen-bond acceptors (Lipinski definition) is 1. The fourth-order valence-electron chi connectivity index (χ4n) is 2.87. The van der Waals surface area contributed by atoms with Gasteiger partial charge in [0.1, 0.15) is 11.9 Å². The van der Waals surface area contributed by atoms with Crippen molar-refractivity contribution in [3.05, 3.63) is 47.3 Å². The van der Waals surface area contributed by atoms with Crippen LogP contribution >= 0.6 is 0 Å². The number of hydrogen-bond donors (Lipinski definition) is 0. The Hall–Kier alpha value is -1.69. The smallest absolute Gasteiger partial charge is 0.141 e. The highest BCUT2D eigenvalue weighted by Crippen LogP contribution is 2.36. The van der Waals surface area contributed by atoms with Crippen LogP contribution in [0.2, 0.25) is 0 Å². The van der Waals surface area contributed by atoms with Gasteiger partial charge < -0.3 is 0 Å². The highest BCUT2D eigenvalue weighted by molar-refractivity contribution is 5.34. The highest BCUT2D eigenvalue weighted by Gasteiger charge is 2.21. The molecular formula is C17H19F2N. The van der Waals surface area contributed by atoms with Crippen molar-refractivity contribution in [2.45, 2.75) is 38.0 Å². The van der Waals surface area contributed by atoms with Gasteiger partial charge in [0.25, 0.3) is 0 Å². The molecule has 0 saturated heterocycles. The van der Waals surface area contributed by atoms with Gasteiger partial charge >= 0.3 is 0 Å². The minimum Gasteiger partial charge on any atom is -0.251 e. The van der Waals surface area contributed by atoms with Gasteiger partial charge in [-0.15, -0.1) is 0 Å². The maximum absolute atomic E-state index is 13.6. The van der Waals surface area contributed by atoms with Crippen LogP contribution < -0.4 is 0 Å². The van der Waals surface area contributed by atoms with Crippen LogP contribution in [-0.2, 0) is 0 Å². The average Bonchev–Trinajstić information content (AvgIpc) is 2.48. The quantitative estimate of drug-likeness (QED) is 0.718. The second-order valence-electron chi connectivity index (χ2n) is 5.37. The molecule has 0 aliphatic heterocycles. The van der Waals surface area contributed by atoms with Crippen molar-refractivity contribution in [1.82, 2.24) is 0 Å². The number of rotatable bonds is 4. The molecule has 0 heterocycles. The van der Waals surface area contributed by atoms with Crippen molar-refractivity contribution in [3.63, 3.8) is 0 Å². The topological polar surface area (TPSA) is 23.8 Å². The Labute approximate surface area is 118 Å². The predicted molar refractivity (Wildman–Crippen MR) is 75.5 cm³/mol. The van der Waals surface area contributed by atoms with Crippen LogP contribution in [0, 0.1) is 23.1 Å². The van der Waals surface area contributed by atoms with Crippen LogP contribution in [0.4, 0.5) is 8.78 Å². The summed E-state index contributed by atoms with van der Waals surface area (Å²) in [6.45, 7) is -0.295. The van der Waals surface area contributed by atoms with Crippen LogP contribution in [0.15, 0.2) is 30.4 Å². The number of alkyl halides is 1. The number of benzene rings is 1. The van der Waals surface area contributed by atoms with E-state index in [1.807, 2.05) is 18.2 Å². The minimum atomic E-state index is -0.421. The van der Waals surface area contributed by atoms with Gasteiger partial charge in [-0.1, -0.05) is 18.2 Å². The van der Waals surface area contributed by atoms with E-state index in [0.717, 1.165) is 31.2 Å². The second kappa shape index (κ2) is 7.19. The van der Waals surface area contributed by atoms with Gasteiger partial charge in [-0.25, -0.2) is 4.39 Å². The van der Waals surface area contributed by atoms with E-state index in [-0.39, 0.29) is 12.2 Å². The van der Waals surface area contributed by atoms with Crippen molar-refractivity contribution in [2.75, 3.05) is 6.67 Å². The lowest BCUT2D eigenvalue weighted by atomic mass is 9.78. The Morgan fingerprint density at radius 1 is 1.25 bits per heavy atom. The second-order valence-corrected chi connectivity index (χ2v) is 5.37. The van der Waals surface area contributed by atoms with Gasteiger partial charge in [-0.3, -0.25) is 4.39 Å². The summed E-state index contributed by atoms with van der Waals surface area (Å²) in [6.07, 6.45) is 8.72. The van der Waals surface area contributed by atoms with Gasteiger partial charge in [0.2, 0.25) is 0 Å². The number of halogens is 2. The maximum Gasteiger partial charge on any atom is 0.141 e. The number of allylic oxidation sites excluding steroid dienone is 2. The van der Waals surface area contributed by atoms with Gasteiger partial charge in [0.05, 0.1) is 12.2 Å². The number of nitrogens with zero attached hydrogens (tertiary/aromatic N) is 1. The normalized spacial score (nSPS) is 22.9. The first-order chi connectivity index (χ1) is 9.74. The summed E-state index contributed by atoms with van der Waals surface area (Å²) in [5, 5.41) is 8.73. The Balaban J connectivity index is 1.94. The first kappa shape index (κ1) is 14.7. The molecule has 0 amide bonds. The molecule has 2 rings (SSSR count). The Morgan fingerprint density at radius 3 is 2.60 bits per heavy atom. The fraction of sp³-hybridized carbons (Fsp3) is 0.471. The molecule has 0 aromatic heterocycles. The minimum absolute atomic E-state index is 0.108. The van der Waals surface area contributed by atoms with Crippen molar-refractivity contribution in [2.24, 2.45) is 5.92 Å². The fourth-order valence-corrected chi connectivity index (χ4v) is 2.87. The molecule has 1 fully saturated rings. The molecule has 0 N–H and O–H groups in total. The summed E-state index contributed by atoms with van der Waals surface area (Å²) >= 11 is 0. The van der Waals surface area contributed by atoms with E-state index in [9.17, 15) is 8.78 Å². The first-order valence-electron chi connectivity index (χ1n) is 7.16. The lowest BCUT2D eigenvalue weighted by Crippen LogP contribution is -2.12. The lowest BCUT2D eigenvalue weighted by Gasteiger charge is -2.27. The summed E-state index contributed by atoms with van der Waals surface area (Å²) < 4.78 is 25.6. The molecule has 3 heteroatoms. The van der Waals surface area contributed by atoms with Crippen molar-refractivity contribution < 1.29 is 8.78 Å². The monoisotopic (exact) mass is 275 g/mol. The van der Waals surface area contributed by atoms with E-state index in [1.54, 1.807) is 6.07 Å². The summed E-state index contributed by atoms with van der Waals surface area (Å²) in [4.78, 5) is 0.